The lowest BCUT2D eigenvalue weighted by molar-refractivity contribution is 0.00648. The molecule has 2 heterocycles. The Morgan fingerprint density at radius 1 is 1.71 bits per heavy atom. The van der Waals surface area contributed by atoms with Gasteiger partial charge in [0.25, 0.3) is 0 Å². The molecule has 0 aliphatic carbocycles. The molecular formula is C12H20N2O2S. The van der Waals surface area contributed by atoms with Gasteiger partial charge in [0.1, 0.15) is 0 Å². The van der Waals surface area contributed by atoms with Crippen molar-refractivity contribution in [1.82, 2.24) is 10.3 Å². The van der Waals surface area contributed by atoms with Gasteiger partial charge in [0, 0.05) is 30.1 Å². The van der Waals surface area contributed by atoms with Crippen LogP contribution in [-0.2, 0) is 11.2 Å². The lowest BCUT2D eigenvalue weighted by atomic mass is 9.93. The fourth-order valence-corrected chi connectivity index (χ4v) is 3.11. The molecule has 1 aromatic rings. The average Bonchev–Trinajstić information content (AvgIpc) is 2.63. The lowest BCUT2D eigenvalue weighted by Gasteiger charge is -2.31. The van der Waals surface area contributed by atoms with Crippen LogP contribution >= 0.6 is 11.3 Å². The predicted octanol–water partition coefficient (Wildman–Crippen LogP) is 1.12. The molecule has 4 nitrogen and oxygen atoms in total. The number of hydrogen-bond donors (Lipinski definition) is 2. The van der Waals surface area contributed by atoms with E-state index in [0.29, 0.717) is 19.4 Å². The van der Waals surface area contributed by atoms with Crippen LogP contribution in [0.5, 0.6) is 0 Å². The molecule has 1 aliphatic rings. The molecule has 2 atom stereocenters. The SMILES string of the molecule is Cc1csc(CC(C)(O)CC2COCCN2)n1. The van der Waals surface area contributed by atoms with E-state index in [1.54, 1.807) is 11.3 Å². The van der Waals surface area contributed by atoms with Gasteiger partial charge in [-0.1, -0.05) is 0 Å². The van der Waals surface area contributed by atoms with Crippen molar-refractivity contribution in [1.29, 1.82) is 0 Å². The number of nitrogens with zero attached hydrogens (tertiary/aromatic N) is 1. The van der Waals surface area contributed by atoms with E-state index in [1.165, 1.54) is 0 Å². The lowest BCUT2D eigenvalue weighted by Crippen LogP contribution is -2.46. The highest BCUT2D eigenvalue weighted by Crippen LogP contribution is 2.21. The van der Waals surface area contributed by atoms with Gasteiger partial charge >= 0.3 is 0 Å². The highest BCUT2D eigenvalue weighted by atomic mass is 32.1. The predicted molar refractivity (Wildman–Crippen MR) is 68.4 cm³/mol. The quantitative estimate of drug-likeness (QED) is 0.848. The Hall–Kier alpha value is -0.490. The third-order valence-electron chi connectivity index (χ3n) is 2.88. The van der Waals surface area contributed by atoms with E-state index in [9.17, 15) is 5.11 Å². The van der Waals surface area contributed by atoms with Crippen molar-refractivity contribution in [2.75, 3.05) is 19.8 Å². The van der Waals surface area contributed by atoms with E-state index in [2.05, 4.69) is 10.3 Å². The molecule has 5 heteroatoms. The third kappa shape index (κ3) is 4.03. The molecule has 1 saturated heterocycles. The first kappa shape index (κ1) is 13.0. The molecule has 0 spiro atoms. The van der Waals surface area contributed by atoms with E-state index < -0.39 is 5.60 Å². The second-order valence-electron chi connectivity index (χ2n) is 4.99. The molecule has 2 rings (SSSR count). The van der Waals surface area contributed by atoms with Gasteiger partial charge in [-0.2, -0.15) is 0 Å². The minimum absolute atomic E-state index is 0.250. The zero-order valence-corrected chi connectivity index (χ0v) is 11.2. The Bertz CT molecular complexity index is 359. The van der Waals surface area contributed by atoms with E-state index in [0.717, 1.165) is 23.9 Å². The van der Waals surface area contributed by atoms with Crippen LogP contribution in [0.25, 0.3) is 0 Å². The number of aliphatic hydroxyl groups is 1. The van der Waals surface area contributed by atoms with Gasteiger partial charge in [0.15, 0.2) is 0 Å². The molecule has 96 valence electrons. The summed E-state index contributed by atoms with van der Waals surface area (Å²) in [7, 11) is 0. The molecule has 0 aromatic carbocycles. The topological polar surface area (TPSA) is 54.4 Å². The Labute approximate surface area is 106 Å². The summed E-state index contributed by atoms with van der Waals surface area (Å²) in [5.74, 6) is 0. The highest BCUT2D eigenvalue weighted by Gasteiger charge is 2.28. The first-order valence-electron chi connectivity index (χ1n) is 6.00. The second-order valence-corrected chi connectivity index (χ2v) is 5.93. The van der Waals surface area contributed by atoms with Crippen LogP contribution in [0.2, 0.25) is 0 Å². The van der Waals surface area contributed by atoms with E-state index in [1.807, 2.05) is 19.2 Å². The van der Waals surface area contributed by atoms with Gasteiger partial charge in [-0.25, -0.2) is 4.98 Å². The fraction of sp³-hybridized carbons (Fsp3) is 0.750. The maximum absolute atomic E-state index is 10.4. The number of nitrogens with one attached hydrogen (secondary N) is 1. The van der Waals surface area contributed by atoms with Crippen LogP contribution in [-0.4, -0.2) is 41.5 Å². The molecule has 1 aliphatic heterocycles. The minimum Gasteiger partial charge on any atom is -0.390 e. The average molecular weight is 256 g/mol. The van der Waals surface area contributed by atoms with Crippen LogP contribution in [0.1, 0.15) is 24.0 Å². The molecular weight excluding hydrogens is 236 g/mol. The number of aromatic nitrogens is 1. The summed E-state index contributed by atoms with van der Waals surface area (Å²) in [6.45, 7) is 6.18. The van der Waals surface area contributed by atoms with Crippen molar-refractivity contribution in [3.05, 3.63) is 16.1 Å². The van der Waals surface area contributed by atoms with Crippen molar-refractivity contribution in [3.63, 3.8) is 0 Å². The Kier molecular flexibility index (Phi) is 4.14. The molecule has 17 heavy (non-hydrogen) atoms. The molecule has 2 unspecified atom stereocenters. The van der Waals surface area contributed by atoms with Gasteiger partial charge in [-0.3, -0.25) is 0 Å². The zero-order valence-electron chi connectivity index (χ0n) is 10.4. The molecule has 1 aromatic heterocycles. The largest absolute Gasteiger partial charge is 0.390 e. The standard InChI is InChI=1S/C12H20N2O2S/c1-9-8-17-11(14-9)6-12(2,15)5-10-7-16-4-3-13-10/h8,10,13,15H,3-7H2,1-2H3. The van der Waals surface area contributed by atoms with Crippen molar-refractivity contribution < 1.29 is 9.84 Å². The maximum atomic E-state index is 10.4. The maximum Gasteiger partial charge on any atom is 0.0956 e. The first-order chi connectivity index (χ1) is 8.05. The van der Waals surface area contributed by atoms with E-state index >= 15 is 0 Å². The smallest absolute Gasteiger partial charge is 0.0956 e. The van der Waals surface area contributed by atoms with E-state index in [-0.39, 0.29) is 6.04 Å². The van der Waals surface area contributed by atoms with Gasteiger partial charge in [0.05, 0.1) is 23.8 Å². The van der Waals surface area contributed by atoms with Crippen LogP contribution in [0.3, 0.4) is 0 Å². The molecule has 0 amide bonds. The van der Waals surface area contributed by atoms with Crippen LogP contribution < -0.4 is 5.32 Å². The number of ether oxygens (including phenoxy) is 1. The van der Waals surface area contributed by atoms with Crippen LogP contribution in [0.15, 0.2) is 5.38 Å². The Balaban J connectivity index is 1.88. The van der Waals surface area contributed by atoms with Gasteiger partial charge in [-0.15, -0.1) is 11.3 Å². The van der Waals surface area contributed by atoms with Crippen molar-refractivity contribution in [2.24, 2.45) is 0 Å². The minimum atomic E-state index is -0.720. The van der Waals surface area contributed by atoms with Gasteiger partial charge in [-0.05, 0) is 20.3 Å². The third-order valence-corrected chi connectivity index (χ3v) is 3.85. The molecule has 0 saturated carbocycles. The summed E-state index contributed by atoms with van der Waals surface area (Å²) < 4.78 is 5.40. The fourth-order valence-electron chi connectivity index (χ4n) is 2.16. The number of hydrogen-bond acceptors (Lipinski definition) is 5. The number of morpholine rings is 1. The summed E-state index contributed by atoms with van der Waals surface area (Å²) in [5.41, 5.74) is 0.308. The van der Waals surface area contributed by atoms with Crippen LogP contribution in [0, 0.1) is 6.92 Å². The summed E-state index contributed by atoms with van der Waals surface area (Å²) in [6, 6.07) is 0.250. The number of rotatable bonds is 4. The summed E-state index contributed by atoms with van der Waals surface area (Å²) in [4.78, 5) is 4.40. The summed E-state index contributed by atoms with van der Waals surface area (Å²) in [5, 5.41) is 16.8. The molecule has 2 N–H and O–H groups in total. The Morgan fingerprint density at radius 3 is 3.12 bits per heavy atom. The van der Waals surface area contributed by atoms with Crippen molar-refractivity contribution in [2.45, 2.75) is 38.3 Å². The van der Waals surface area contributed by atoms with E-state index in [4.69, 9.17) is 4.74 Å². The molecule has 1 fully saturated rings. The molecule has 0 bridgehead atoms. The van der Waals surface area contributed by atoms with Gasteiger partial charge < -0.3 is 15.2 Å². The number of thiazole rings is 1. The zero-order chi connectivity index (χ0) is 12.3. The van der Waals surface area contributed by atoms with Crippen LogP contribution in [0.4, 0.5) is 0 Å². The molecule has 0 radical (unpaired) electrons. The summed E-state index contributed by atoms with van der Waals surface area (Å²) in [6.07, 6.45) is 1.31. The normalized spacial score (nSPS) is 24.5. The summed E-state index contributed by atoms with van der Waals surface area (Å²) >= 11 is 1.62. The van der Waals surface area contributed by atoms with Crippen molar-refractivity contribution >= 4 is 11.3 Å². The second kappa shape index (κ2) is 5.44. The first-order valence-corrected chi connectivity index (χ1v) is 6.88. The monoisotopic (exact) mass is 256 g/mol. The Morgan fingerprint density at radius 2 is 2.53 bits per heavy atom. The number of aryl methyl sites for hydroxylation is 1. The van der Waals surface area contributed by atoms with Gasteiger partial charge in [0.2, 0.25) is 0 Å². The van der Waals surface area contributed by atoms with Crippen molar-refractivity contribution in [3.8, 4) is 0 Å². The highest BCUT2D eigenvalue weighted by molar-refractivity contribution is 7.09.